The van der Waals surface area contributed by atoms with E-state index in [-0.39, 0.29) is 11.2 Å². The van der Waals surface area contributed by atoms with Gasteiger partial charge in [-0.25, -0.2) is 4.39 Å². The quantitative estimate of drug-likeness (QED) is 0.142. The van der Waals surface area contributed by atoms with E-state index in [0.717, 1.165) is 72.3 Å². The second kappa shape index (κ2) is 15.8. The first-order valence-corrected chi connectivity index (χ1v) is 23.8. The highest BCUT2D eigenvalue weighted by atomic mass is 19.1. The molecule has 0 bridgehead atoms. The minimum absolute atomic E-state index is 0.227. The number of rotatable bonds is 8. The second-order valence-electron chi connectivity index (χ2n) is 19.1. The van der Waals surface area contributed by atoms with Crippen molar-refractivity contribution >= 4 is 83.2 Å². The molecule has 0 N–H and O–H groups in total. The number of hydrogen-bond acceptors (Lipinski definition) is 2. The summed E-state index contributed by atoms with van der Waals surface area (Å²) in [5.74, 6) is -0.227. The number of halogens is 1. The SMILES string of the molecule is Cn1c2ccccc2c2cccc(N(c3ccc4oc5ccccc5c4c3)c3cc4c(c5ccccc35)-c3ccc(C/C(=C/c5ccccc5)c5ccc(-c6ccccc6)cc5F)cc3C4(C)C)c21. The Morgan fingerprint density at radius 3 is 2.06 bits per heavy atom. The van der Waals surface area contributed by atoms with E-state index >= 15 is 4.39 Å². The van der Waals surface area contributed by atoms with E-state index in [9.17, 15) is 0 Å². The normalized spacial score (nSPS) is 13.2. The van der Waals surface area contributed by atoms with Crippen molar-refractivity contribution in [2.24, 2.45) is 7.05 Å². The number of aryl methyl sites for hydroxylation is 1. The number of nitrogens with zero attached hydrogens (tertiary/aromatic N) is 2. The molecular weight excluding hydrogens is 844 g/mol. The minimum atomic E-state index is -0.368. The standard InChI is InChI=1S/C65H47FN2O/c1-65(2)55-37-42(36-45(35-41-17-6-4-7-18-41)47-33-30-44(38-57(47)66)43-19-8-5-9-20-43)29-32-53(55)63-51-24-11-10-21-48(51)60(40-56(63)65)68(46-31-34-62-54(39-46)50-23-13-15-28-61(50)69-62)59-27-16-25-52-49-22-12-14-26-58(49)67(3)64(52)59/h4-35,37-40H,36H2,1-3H3/b45-35-. The Kier molecular flexibility index (Phi) is 9.35. The van der Waals surface area contributed by atoms with Gasteiger partial charge in [0.25, 0.3) is 0 Å². The van der Waals surface area contributed by atoms with E-state index in [4.69, 9.17) is 4.42 Å². The van der Waals surface area contributed by atoms with Crippen molar-refractivity contribution in [2.45, 2.75) is 25.7 Å². The van der Waals surface area contributed by atoms with Crippen molar-refractivity contribution in [3.8, 4) is 22.3 Å². The molecule has 13 rings (SSSR count). The van der Waals surface area contributed by atoms with Crippen LogP contribution in [0.4, 0.5) is 21.5 Å². The number of aromatic nitrogens is 1. The first kappa shape index (κ1) is 40.8. The molecule has 4 heteroatoms. The third-order valence-corrected chi connectivity index (χ3v) is 14.7. The molecule has 2 heterocycles. The molecule has 330 valence electrons. The lowest BCUT2D eigenvalue weighted by molar-refractivity contribution is 0.624. The Morgan fingerprint density at radius 2 is 1.25 bits per heavy atom. The monoisotopic (exact) mass is 890 g/mol. The molecule has 0 amide bonds. The number of benzene rings is 10. The molecule has 0 aliphatic heterocycles. The molecule has 2 aromatic heterocycles. The maximum absolute atomic E-state index is 16.5. The highest BCUT2D eigenvalue weighted by Gasteiger charge is 2.38. The Balaban J connectivity index is 0.982. The molecule has 0 saturated carbocycles. The Labute approximate surface area is 400 Å². The number of furan rings is 1. The van der Waals surface area contributed by atoms with Gasteiger partial charge in [-0.2, -0.15) is 0 Å². The van der Waals surface area contributed by atoms with Gasteiger partial charge in [0.15, 0.2) is 0 Å². The van der Waals surface area contributed by atoms with Crippen molar-refractivity contribution in [3.05, 3.63) is 246 Å². The first-order valence-electron chi connectivity index (χ1n) is 23.8. The summed E-state index contributed by atoms with van der Waals surface area (Å²) < 4.78 is 25.2. The number of anilines is 3. The lowest BCUT2D eigenvalue weighted by Crippen LogP contribution is -2.17. The van der Waals surface area contributed by atoms with Crippen molar-refractivity contribution in [2.75, 3.05) is 4.90 Å². The van der Waals surface area contributed by atoms with Crippen LogP contribution < -0.4 is 4.90 Å². The maximum atomic E-state index is 16.5. The average molecular weight is 891 g/mol. The van der Waals surface area contributed by atoms with E-state index in [1.807, 2.05) is 72.8 Å². The van der Waals surface area contributed by atoms with Crippen LogP contribution in [0.2, 0.25) is 0 Å². The summed E-state index contributed by atoms with van der Waals surface area (Å²) in [4.78, 5) is 2.48. The number of allylic oxidation sites excluding steroid dienone is 1. The van der Waals surface area contributed by atoms with Gasteiger partial charge in [-0.05, 0) is 110 Å². The Bertz CT molecular complexity index is 4040. The third-order valence-electron chi connectivity index (χ3n) is 14.7. The van der Waals surface area contributed by atoms with Gasteiger partial charge in [0, 0.05) is 56.2 Å². The zero-order chi connectivity index (χ0) is 46.4. The molecule has 1 aliphatic rings. The fraction of sp³-hybridized carbons (Fsp3) is 0.0769. The van der Waals surface area contributed by atoms with Crippen LogP contribution in [-0.4, -0.2) is 4.57 Å². The van der Waals surface area contributed by atoms with Crippen LogP contribution in [0.5, 0.6) is 0 Å². The summed E-state index contributed by atoms with van der Waals surface area (Å²) in [5.41, 5.74) is 17.6. The number of fused-ring (bicyclic) bond motifs is 11. The number of hydrogen-bond donors (Lipinski definition) is 0. The third kappa shape index (κ3) is 6.54. The molecule has 0 unspecified atom stereocenters. The Hall–Kier alpha value is -8.47. The zero-order valence-corrected chi connectivity index (χ0v) is 38.7. The van der Waals surface area contributed by atoms with Crippen molar-refractivity contribution in [1.29, 1.82) is 0 Å². The fourth-order valence-electron chi connectivity index (χ4n) is 11.3. The highest BCUT2D eigenvalue weighted by molar-refractivity contribution is 6.16. The summed E-state index contributed by atoms with van der Waals surface area (Å²) >= 11 is 0. The van der Waals surface area contributed by atoms with Gasteiger partial charge in [-0.15, -0.1) is 0 Å². The van der Waals surface area contributed by atoms with Crippen molar-refractivity contribution < 1.29 is 8.81 Å². The molecule has 3 nitrogen and oxygen atoms in total. The fourth-order valence-corrected chi connectivity index (χ4v) is 11.3. The molecule has 0 atom stereocenters. The smallest absolute Gasteiger partial charge is 0.135 e. The van der Waals surface area contributed by atoms with Crippen LogP contribution in [0, 0.1) is 5.82 Å². The minimum Gasteiger partial charge on any atom is -0.456 e. The molecule has 0 saturated heterocycles. The van der Waals surface area contributed by atoms with Crippen LogP contribution in [0.3, 0.4) is 0 Å². The topological polar surface area (TPSA) is 21.3 Å². The highest BCUT2D eigenvalue weighted by Crippen LogP contribution is 2.55. The van der Waals surface area contributed by atoms with E-state index in [1.165, 1.54) is 49.3 Å². The molecular formula is C65H47FN2O. The van der Waals surface area contributed by atoms with Crippen molar-refractivity contribution in [3.63, 3.8) is 0 Å². The number of para-hydroxylation sites is 3. The molecule has 0 spiro atoms. The largest absolute Gasteiger partial charge is 0.456 e. The predicted molar refractivity (Wildman–Crippen MR) is 287 cm³/mol. The molecule has 0 radical (unpaired) electrons. The molecule has 10 aromatic carbocycles. The Morgan fingerprint density at radius 1 is 0.551 bits per heavy atom. The van der Waals surface area contributed by atoms with Gasteiger partial charge in [0.05, 0.1) is 16.9 Å². The summed E-state index contributed by atoms with van der Waals surface area (Å²) in [5, 5.41) is 6.99. The van der Waals surface area contributed by atoms with Crippen LogP contribution in [0.1, 0.15) is 41.7 Å². The average Bonchev–Trinajstić information content (AvgIpc) is 3.98. The van der Waals surface area contributed by atoms with Crippen LogP contribution in [0.25, 0.3) is 88.4 Å². The molecule has 1 aliphatic carbocycles. The maximum Gasteiger partial charge on any atom is 0.135 e. The van der Waals surface area contributed by atoms with Crippen LogP contribution in [0.15, 0.2) is 217 Å². The first-order chi connectivity index (χ1) is 33.8. The lowest BCUT2D eigenvalue weighted by atomic mass is 9.80. The van der Waals surface area contributed by atoms with Crippen LogP contribution >= 0.6 is 0 Å². The van der Waals surface area contributed by atoms with Gasteiger partial charge in [-0.1, -0.05) is 184 Å². The van der Waals surface area contributed by atoms with E-state index in [1.54, 1.807) is 6.07 Å². The van der Waals surface area contributed by atoms with Gasteiger partial charge in [-0.3, -0.25) is 0 Å². The summed E-state index contributed by atoms with van der Waals surface area (Å²) in [6.45, 7) is 4.72. The van der Waals surface area contributed by atoms with Crippen molar-refractivity contribution in [1.82, 2.24) is 4.57 Å². The summed E-state index contributed by atoms with van der Waals surface area (Å²) in [6.07, 6.45) is 2.71. The predicted octanol–water partition coefficient (Wildman–Crippen LogP) is 17.7. The van der Waals surface area contributed by atoms with Crippen LogP contribution in [-0.2, 0) is 18.9 Å². The molecule has 12 aromatic rings. The lowest BCUT2D eigenvalue weighted by Gasteiger charge is -2.30. The van der Waals surface area contributed by atoms with E-state index < -0.39 is 0 Å². The van der Waals surface area contributed by atoms with E-state index in [2.05, 4.69) is 170 Å². The van der Waals surface area contributed by atoms with Gasteiger partial charge in [0.2, 0.25) is 0 Å². The molecule has 0 fully saturated rings. The summed E-state index contributed by atoms with van der Waals surface area (Å²) in [7, 11) is 2.19. The second-order valence-corrected chi connectivity index (χ2v) is 19.1. The molecule has 69 heavy (non-hydrogen) atoms. The zero-order valence-electron chi connectivity index (χ0n) is 38.7. The van der Waals surface area contributed by atoms with Gasteiger partial charge < -0.3 is 13.9 Å². The summed E-state index contributed by atoms with van der Waals surface area (Å²) in [6, 6.07) is 74.6. The van der Waals surface area contributed by atoms with E-state index in [0.29, 0.717) is 12.0 Å². The van der Waals surface area contributed by atoms with Gasteiger partial charge >= 0.3 is 0 Å². The van der Waals surface area contributed by atoms with Gasteiger partial charge in [0.1, 0.15) is 17.0 Å².